The van der Waals surface area contributed by atoms with Gasteiger partial charge in [0, 0.05) is 45.8 Å². The number of ether oxygens (including phenoxy) is 1. The van der Waals surface area contributed by atoms with E-state index >= 15 is 0 Å². The quantitative estimate of drug-likeness (QED) is 0.438. The maximum Gasteiger partial charge on any atom is 0.267 e. The lowest BCUT2D eigenvalue weighted by Gasteiger charge is -2.17. The number of amides is 2. The molecule has 3 aromatic rings. The van der Waals surface area contributed by atoms with Gasteiger partial charge in [0.05, 0.1) is 12.1 Å². The first kappa shape index (κ1) is 24.8. The van der Waals surface area contributed by atoms with E-state index in [-0.39, 0.29) is 48.9 Å². The molecule has 0 fully saturated rings. The van der Waals surface area contributed by atoms with Crippen LogP contribution in [-0.4, -0.2) is 52.8 Å². The van der Waals surface area contributed by atoms with Gasteiger partial charge in [-0.15, -0.1) is 0 Å². The molecule has 9 nitrogen and oxygen atoms in total. The van der Waals surface area contributed by atoms with E-state index in [0.29, 0.717) is 11.1 Å². The first-order valence-electron chi connectivity index (χ1n) is 10.7. The fraction of sp³-hybridized carbons (Fsp3) is 0.333. The van der Waals surface area contributed by atoms with Crippen molar-refractivity contribution >= 4 is 22.8 Å². The molecule has 1 atom stereocenters. The molecule has 1 unspecified atom stereocenters. The molecule has 0 bridgehead atoms. The monoisotopic (exact) mass is 470 g/mol. The fourth-order valence-corrected chi connectivity index (χ4v) is 3.66. The second-order valence-electron chi connectivity index (χ2n) is 7.97. The number of nitrogens with one attached hydrogen (secondary N) is 2. The number of carbonyl (C=O) groups is 2. The number of nitrogens with zero attached hydrogens (tertiary/aromatic N) is 2. The summed E-state index contributed by atoms with van der Waals surface area (Å²) in [4.78, 5) is 41.7. The Hall–Kier alpha value is -3.79. The summed E-state index contributed by atoms with van der Waals surface area (Å²) in [6.07, 6.45) is 1.68. The lowest BCUT2D eigenvalue weighted by Crippen LogP contribution is -2.40. The van der Waals surface area contributed by atoms with Crippen molar-refractivity contribution in [3.8, 4) is 5.75 Å². The van der Waals surface area contributed by atoms with E-state index in [9.17, 15) is 23.9 Å². The Morgan fingerprint density at radius 1 is 1.29 bits per heavy atom. The SMILES string of the molecule is COCC(C)NC(=O)c1c(O)c2ncc(Cc3ccccc3F)cc2n(CCNC(C)=O)c1=O. The second kappa shape index (κ2) is 10.9. The van der Waals surface area contributed by atoms with E-state index in [2.05, 4.69) is 15.6 Å². The highest BCUT2D eigenvalue weighted by Gasteiger charge is 2.24. The van der Waals surface area contributed by atoms with Gasteiger partial charge in [0.25, 0.3) is 11.5 Å². The highest BCUT2D eigenvalue weighted by Crippen LogP contribution is 2.26. The normalized spacial score (nSPS) is 11.9. The summed E-state index contributed by atoms with van der Waals surface area (Å²) in [5, 5.41) is 16.0. The van der Waals surface area contributed by atoms with Crippen LogP contribution in [0.2, 0.25) is 0 Å². The van der Waals surface area contributed by atoms with Crippen molar-refractivity contribution in [2.45, 2.75) is 32.9 Å². The van der Waals surface area contributed by atoms with Crippen LogP contribution in [0.3, 0.4) is 0 Å². The van der Waals surface area contributed by atoms with Gasteiger partial charge in [0.1, 0.15) is 16.9 Å². The van der Waals surface area contributed by atoms with Gasteiger partial charge in [0.15, 0.2) is 5.75 Å². The van der Waals surface area contributed by atoms with Crippen LogP contribution in [0, 0.1) is 5.82 Å². The van der Waals surface area contributed by atoms with E-state index in [1.807, 2.05) is 0 Å². The van der Waals surface area contributed by atoms with Gasteiger partial charge < -0.3 is 25.0 Å². The van der Waals surface area contributed by atoms with Gasteiger partial charge in [-0.3, -0.25) is 19.4 Å². The third kappa shape index (κ3) is 5.57. The first-order chi connectivity index (χ1) is 16.2. The summed E-state index contributed by atoms with van der Waals surface area (Å²) >= 11 is 0. The molecule has 1 aromatic carbocycles. The summed E-state index contributed by atoms with van der Waals surface area (Å²) < 4.78 is 20.4. The van der Waals surface area contributed by atoms with Gasteiger partial charge >= 0.3 is 0 Å². The first-order valence-corrected chi connectivity index (χ1v) is 10.7. The predicted molar refractivity (Wildman–Crippen MR) is 124 cm³/mol. The summed E-state index contributed by atoms with van der Waals surface area (Å²) in [5.74, 6) is -1.96. The average molecular weight is 471 g/mol. The highest BCUT2D eigenvalue weighted by molar-refractivity contribution is 6.01. The lowest BCUT2D eigenvalue weighted by molar-refractivity contribution is -0.118. The van der Waals surface area contributed by atoms with Crippen molar-refractivity contribution < 1.29 is 23.8 Å². The number of fused-ring (bicyclic) bond motifs is 1. The molecule has 0 saturated heterocycles. The van der Waals surface area contributed by atoms with Crippen molar-refractivity contribution in [2.24, 2.45) is 0 Å². The van der Waals surface area contributed by atoms with Gasteiger partial charge in [-0.05, 0) is 30.2 Å². The molecule has 2 amide bonds. The van der Waals surface area contributed by atoms with Crippen LogP contribution < -0.4 is 16.2 Å². The number of methoxy groups -OCH3 is 1. The Balaban J connectivity index is 2.10. The van der Waals surface area contributed by atoms with Gasteiger partial charge in [-0.2, -0.15) is 0 Å². The summed E-state index contributed by atoms with van der Waals surface area (Å²) in [6, 6.07) is 7.53. The summed E-state index contributed by atoms with van der Waals surface area (Å²) in [6.45, 7) is 3.42. The largest absolute Gasteiger partial charge is 0.505 e. The van der Waals surface area contributed by atoms with Crippen molar-refractivity contribution in [3.63, 3.8) is 0 Å². The molecule has 2 aromatic heterocycles. The number of carbonyl (C=O) groups excluding carboxylic acids is 2. The minimum atomic E-state index is -0.764. The third-order valence-corrected chi connectivity index (χ3v) is 5.22. The van der Waals surface area contributed by atoms with Crippen molar-refractivity contribution in [3.05, 3.63) is 69.4 Å². The molecule has 0 aliphatic heterocycles. The van der Waals surface area contributed by atoms with Crippen LogP contribution in [0.4, 0.5) is 4.39 Å². The van der Waals surface area contributed by atoms with Crippen LogP contribution in [0.5, 0.6) is 5.75 Å². The topological polar surface area (TPSA) is 123 Å². The van der Waals surface area contributed by atoms with E-state index < -0.39 is 28.8 Å². The molecular weight excluding hydrogens is 443 g/mol. The maximum absolute atomic E-state index is 14.1. The molecule has 34 heavy (non-hydrogen) atoms. The highest BCUT2D eigenvalue weighted by atomic mass is 19.1. The van der Waals surface area contributed by atoms with E-state index in [1.165, 1.54) is 30.9 Å². The Labute approximate surface area is 195 Å². The Morgan fingerprint density at radius 2 is 2.03 bits per heavy atom. The number of aromatic nitrogens is 2. The van der Waals surface area contributed by atoms with Crippen molar-refractivity contribution in [2.75, 3.05) is 20.3 Å². The van der Waals surface area contributed by atoms with Crippen LogP contribution in [-0.2, 0) is 22.5 Å². The molecule has 0 radical (unpaired) electrons. The molecular formula is C24H27FN4O5. The van der Waals surface area contributed by atoms with E-state index in [0.717, 1.165) is 0 Å². The molecule has 2 heterocycles. The van der Waals surface area contributed by atoms with Crippen molar-refractivity contribution in [1.82, 2.24) is 20.2 Å². The second-order valence-corrected chi connectivity index (χ2v) is 7.97. The standard InChI is InChI=1S/C24H27FN4O5/c1-14(13-34-3)28-23(32)20-22(31)21-19(29(24(20)33)9-8-26-15(2)30)11-16(12-27-21)10-17-6-4-5-7-18(17)25/h4-7,11-12,14,31H,8-10,13H2,1-3H3,(H,26,30)(H,28,32). The lowest BCUT2D eigenvalue weighted by atomic mass is 10.0. The average Bonchev–Trinajstić information content (AvgIpc) is 2.77. The number of hydrogen-bond acceptors (Lipinski definition) is 6. The Morgan fingerprint density at radius 3 is 2.71 bits per heavy atom. The zero-order valence-electron chi connectivity index (χ0n) is 19.2. The smallest absolute Gasteiger partial charge is 0.267 e. The number of halogens is 1. The summed E-state index contributed by atoms with van der Waals surface area (Å²) in [7, 11) is 1.48. The van der Waals surface area contributed by atoms with E-state index in [1.54, 1.807) is 31.2 Å². The molecule has 3 rings (SSSR count). The van der Waals surface area contributed by atoms with Crippen LogP contribution in [0.15, 0.2) is 41.3 Å². The molecule has 10 heteroatoms. The molecule has 0 saturated carbocycles. The van der Waals surface area contributed by atoms with Gasteiger partial charge in [0.2, 0.25) is 5.91 Å². The number of aromatic hydroxyl groups is 1. The Bertz CT molecular complexity index is 1270. The number of benzene rings is 1. The molecule has 0 spiro atoms. The fourth-order valence-electron chi connectivity index (χ4n) is 3.66. The van der Waals surface area contributed by atoms with E-state index in [4.69, 9.17) is 4.74 Å². The minimum absolute atomic E-state index is 0.0356. The molecule has 0 aliphatic carbocycles. The zero-order chi connectivity index (χ0) is 24.8. The zero-order valence-corrected chi connectivity index (χ0v) is 19.2. The van der Waals surface area contributed by atoms with Gasteiger partial charge in [-0.1, -0.05) is 18.2 Å². The van der Waals surface area contributed by atoms with Crippen LogP contribution in [0.1, 0.15) is 35.3 Å². The Kier molecular flexibility index (Phi) is 7.95. The predicted octanol–water partition coefficient (Wildman–Crippen LogP) is 1.73. The van der Waals surface area contributed by atoms with Crippen molar-refractivity contribution in [1.29, 1.82) is 0 Å². The minimum Gasteiger partial charge on any atom is -0.505 e. The van der Waals surface area contributed by atoms with Gasteiger partial charge in [-0.25, -0.2) is 4.39 Å². The third-order valence-electron chi connectivity index (χ3n) is 5.22. The molecule has 0 aliphatic rings. The number of rotatable bonds is 9. The molecule has 180 valence electrons. The summed E-state index contributed by atoms with van der Waals surface area (Å²) in [5.41, 5.74) is 0.182. The number of hydrogen-bond donors (Lipinski definition) is 3. The van der Waals surface area contributed by atoms with Crippen LogP contribution >= 0.6 is 0 Å². The number of pyridine rings is 2. The molecule has 3 N–H and O–H groups in total. The van der Waals surface area contributed by atoms with Crippen LogP contribution in [0.25, 0.3) is 11.0 Å². The maximum atomic E-state index is 14.1.